The minimum absolute atomic E-state index is 0.230. The lowest BCUT2D eigenvalue weighted by molar-refractivity contribution is 0.102. The van der Waals surface area contributed by atoms with E-state index in [4.69, 9.17) is 39.5 Å². The number of anilines is 1. The van der Waals surface area contributed by atoms with E-state index in [1.165, 1.54) is 12.3 Å². The largest absolute Gasteiger partial charge is 0.495 e. The topological polar surface area (TPSA) is 67.0 Å². The molecule has 0 bridgehead atoms. The first-order chi connectivity index (χ1) is 13.0. The number of halogens is 3. The van der Waals surface area contributed by atoms with Gasteiger partial charge in [-0.2, -0.15) is 0 Å². The first-order valence-corrected chi connectivity index (χ1v) is 9.01. The van der Waals surface area contributed by atoms with E-state index in [2.05, 4.69) is 15.3 Å². The number of carbonyl (C=O) groups excluding carboxylic acids is 1. The predicted molar refractivity (Wildman–Crippen MR) is 110 cm³/mol. The van der Waals surface area contributed by atoms with Gasteiger partial charge in [-0.05, 0) is 36.4 Å². The molecule has 2 N–H and O–H groups in total. The van der Waals surface area contributed by atoms with E-state index >= 15 is 0 Å². The molecule has 0 fully saturated rings. The van der Waals surface area contributed by atoms with Crippen molar-refractivity contribution in [2.75, 3.05) is 12.4 Å². The molecule has 0 aliphatic heterocycles. The number of amides is 1. The molecule has 0 aliphatic rings. The van der Waals surface area contributed by atoms with Gasteiger partial charge in [0.1, 0.15) is 5.75 Å². The van der Waals surface area contributed by atoms with Crippen molar-refractivity contribution in [1.82, 2.24) is 9.97 Å². The van der Waals surface area contributed by atoms with Gasteiger partial charge < -0.3 is 15.0 Å². The summed E-state index contributed by atoms with van der Waals surface area (Å²) in [5.41, 5.74) is 1.99. The third kappa shape index (κ3) is 3.18. The molecule has 0 spiro atoms. The molecule has 8 heteroatoms. The average molecular weight is 421 g/mol. The number of pyridine rings is 1. The van der Waals surface area contributed by atoms with Crippen LogP contribution in [0.5, 0.6) is 5.75 Å². The standard InChI is InChI=1S/C19H12Cl3N3O2/c1-27-15-5-3-11(19(26)25-18-13(22)7-10(21)8-23-18)16-12-6-9(20)2-4-14(12)24-17(15)16/h2-8,24H,1H3,(H,23,25,26). The minimum atomic E-state index is -0.361. The van der Waals surface area contributed by atoms with Gasteiger partial charge in [0.25, 0.3) is 5.91 Å². The van der Waals surface area contributed by atoms with Crippen LogP contribution in [0, 0.1) is 0 Å². The van der Waals surface area contributed by atoms with Crippen molar-refractivity contribution in [3.05, 3.63) is 63.2 Å². The second-order valence-electron chi connectivity index (χ2n) is 5.82. The van der Waals surface area contributed by atoms with E-state index in [9.17, 15) is 4.79 Å². The summed E-state index contributed by atoms with van der Waals surface area (Å²) in [4.78, 5) is 20.3. The van der Waals surface area contributed by atoms with Gasteiger partial charge in [0.15, 0.2) is 5.82 Å². The minimum Gasteiger partial charge on any atom is -0.495 e. The average Bonchev–Trinajstić information content (AvgIpc) is 3.02. The van der Waals surface area contributed by atoms with Crippen molar-refractivity contribution in [1.29, 1.82) is 0 Å². The van der Waals surface area contributed by atoms with Crippen LogP contribution in [0.25, 0.3) is 21.8 Å². The number of fused-ring (bicyclic) bond motifs is 3. The number of carbonyl (C=O) groups is 1. The smallest absolute Gasteiger partial charge is 0.257 e. The van der Waals surface area contributed by atoms with Gasteiger partial charge >= 0.3 is 0 Å². The first-order valence-electron chi connectivity index (χ1n) is 7.88. The van der Waals surface area contributed by atoms with Crippen LogP contribution in [0.3, 0.4) is 0 Å². The summed E-state index contributed by atoms with van der Waals surface area (Å²) in [6.45, 7) is 0. The Morgan fingerprint density at radius 1 is 1.11 bits per heavy atom. The summed E-state index contributed by atoms with van der Waals surface area (Å²) < 4.78 is 5.43. The number of rotatable bonds is 3. The maximum Gasteiger partial charge on any atom is 0.257 e. The van der Waals surface area contributed by atoms with E-state index < -0.39 is 0 Å². The Morgan fingerprint density at radius 2 is 1.93 bits per heavy atom. The van der Waals surface area contributed by atoms with Crippen molar-refractivity contribution < 1.29 is 9.53 Å². The number of hydrogen-bond acceptors (Lipinski definition) is 3. The third-order valence-electron chi connectivity index (χ3n) is 4.18. The molecule has 0 unspecified atom stereocenters. The van der Waals surface area contributed by atoms with E-state index in [1.807, 2.05) is 6.07 Å². The Kier molecular flexibility index (Phi) is 4.60. The Balaban J connectivity index is 1.89. The summed E-state index contributed by atoms with van der Waals surface area (Å²) in [7, 11) is 1.57. The van der Waals surface area contributed by atoms with E-state index in [0.717, 1.165) is 10.9 Å². The molecule has 0 saturated heterocycles. The molecule has 5 nitrogen and oxygen atoms in total. The lowest BCUT2D eigenvalue weighted by Gasteiger charge is -2.09. The fourth-order valence-electron chi connectivity index (χ4n) is 3.00. The normalized spacial score (nSPS) is 11.1. The van der Waals surface area contributed by atoms with Crippen LogP contribution in [-0.4, -0.2) is 23.0 Å². The highest BCUT2D eigenvalue weighted by atomic mass is 35.5. The molecule has 1 amide bonds. The quantitative estimate of drug-likeness (QED) is 0.431. The van der Waals surface area contributed by atoms with Gasteiger partial charge in [0.05, 0.1) is 22.7 Å². The first kappa shape index (κ1) is 17.9. The number of ether oxygens (including phenoxy) is 1. The maximum atomic E-state index is 13.0. The van der Waals surface area contributed by atoms with Gasteiger partial charge in [-0.1, -0.05) is 34.8 Å². The molecule has 0 atom stereocenters. The molecule has 0 aliphatic carbocycles. The number of H-pyrrole nitrogens is 1. The summed E-state index contributed by atoms with van der Waals surface area (Å²) in [6.07, 6.45) is 1.41. The third-order valence-corrected chi connectivity index (χ3v) is 4.91. The summed E-state index contributed by atoms with van der Waals surface area (Å²) in [5, 5.41) is 5.45. The van der Waals surface area contributed by atoms with Gasteiger partial charge in [-0.15, -0.1) is 0 Å². The number of aromatic nitrogens is 2. The van der Waals surface area contributed by atoms with Crippen molar-refractivity contribution in [2.45, 2.75) is 0 Å². The van der Waals surface area contributed by atoms with Crippen molar-refractivity contribution >= 4 is 68.3 Å². The molecular weight excluding hydrogens is 409 g/mol. The zero-order valence-corrected chi connectivity index (χ0v) is 16.2. The maximum absolute atomic E-state index is 13.0. The SMILES string of the molecule is COc1ccc(C(=O)Nc2ncc(Cl)cc2Cl)c2c1[nH]c1ccc(Cl)cc12. The van der Waals surface area contributed by atoms with Crippen LogP contribution in [-0.2, 0) is 0 Å². The van der Waals surface area contributed by atoms with Crippen molar-refractivity contribution in [3.63, 3.8) is 0 Å². The zero-order chi connectivity index (χ0) is 19.1. The van der Waals surface area contributed by atoms with Crippen LogP contribution in [0.2, 0.25) is 15.1 Å². The molecule has 4 aromatic rings. The number of aromatic amines is 1. The fraction of sp³-hybridized carbons (Fsp3) is 0.0526. The highest BCUT2D eigenvalue weighted by Crippen LogP contribution is 2.36. The van der Waals surface area contributed by atoms with Gasteiger partial charge in [0.2, 0.25) is 0 Å². The summed E-state index contributed by atoms with van der Waals surface area (Å²) in [6, 6.07) is 10.4. The van der Waals surface area contributed by atoms with Crippen LogP contribution < -0.4 is 10.1 Å². The Labute approximate surface area is 169 Å². The molecule has 0 saturated carbocycles. The molecule has 0 radical (unpaired) electrons. The van der Waals surface area contributed by atoms with Crippen LogP contribution in [0.4, 0.5) is 5.82 Å². The molecule has 2 aromatic heterocycles. The van der Waals surface area contributed by atoms with Gasteiger partial charge in [-0.3, -0.25) is 4.79 Å². The number of benzene rings is 2. The number of methoxy groups -OCH3 is 1. The van der Waals surface area contributed by atoms with Crippen molar-refractivity contribution in [3.8, 4) is 5.75 Å². The predicted octanol–water partition coefficient (Wildman–Crippen LogP) is 5.94. The van der Waals surface area contributed by atoms with Crippen LogP contribution >= 0.6 is 34.8 Å². The Bertz CT molecular complexity index is 1200. The Morgan fingerprint density at radius 3 is 2.67 bits per heavy atom. The molecule has 27 heavy (non-hydrogen) atoms. The molecule has 2 heterocycles. The second kappa shape index (κ2) is 6.93. The molecular formula is C19H12Cl3N3O2. The van der Waals surface area contributed by atoms with E-state index in [1.54, 1.807) is 31.4 Å². The number of hydrogen-bond donors (Lipinski definition) is 2. The Hall–Kier alpha value is -2.47. The highest BCUT2D eigenvalue weighted by Gasteiger charge is 2.19. The highest BCUT2D eigenvalue weighted by molar-refractivity contribution is 6.36. The zero-order valence-electron chi connectivity index (χ0n) is 13.9. The summed E-state index contributed by atoms with van der Waals surface area (Å²) in [5.74, 6) is 0.490. The summed E-state index contributed by atoms with van der Waals surface area (Å²) >= 11 is 18.1. The monoisotopic (exact) mass is 419 g/mol. The number of nitrogens with one attached hydrogen (secondary N) is 2. The number of nitrogens with zero attached hydrogens (tertiary/aromatic N) is 1. The van der Waals surface area contributed by atoms with Gasteiger partial charge in [-0.25, -0.2) is 4.98 Å². The molecule has 4 rings (SSSR count). The van der Waals surface area contributed by atoms with Crippen molar-refractivity contribution in [2.24, 2.45) is 0 Å². The molecule has 2 aromatic carbocycles. The van der Waals surface area contributed by atoms with Crippen LogP contribution in [0.15, 0.2) is 42.6 Å². The van der Waals surface area contributed by atoms with Gasteiger partial charge in [0, 0.05) is 33.1 Å². The van der Waals surface area contributed by atoms with E-state index in [0.29, 0.717) is 32.3 Å². The lowest BCUT2D eigenvalue weighted by atomic mass is 10.0. The van der Waals surface area contributed by atoms with Crippen LogP contribution in [0.1, 0.15) is 10.4 Å². The second-order valence-corrected chi connectivity index (χ2v) is 7.10. The fourth-order valence-corrected chi connectivity index (χ4v) is 3.59. The lowest BCUT2D eigenvalue weighted by Crippen LogP contribution is -2.13. The molecule has 136 valence electrons. The van der Waals surface area contributed by atoms with E-state index in [-0.39, 0.29) is 16.7 Å².